The third-order valence-corrected chi connectivity index (χ3v) is 3.50. The van der Waals surface area contributed by atoms with Crippen molar-refractivity contribution in [1.29, 1.82) is 0 Å². The third kappa shape index (κ3) is 4.54. The van der Waals surface area contributed by atoms with Crippen LogP contribution in [0.3, 0.4) is 0 Å². The summed E-state index contributed by atoms with van der Waals surface area (Å²) in [7, 11) is 0. The Morgan fingerprint density at radius 3 is 2.32 bits per heavy atom. The summed E-state index contributed by atoms with van der Waals surface area (Å²) >= 11 is 0. The van der Waals surface area contributed by atoms with Gasteiger partial charge in [-0.1, -0.05) is 53.7 Å². The minimum absolute atomic E-state index is 0.0277. The van der Waals surface area contributed by atoms with Crippen molar-refractivity contribution in [2.45, 2.75) is 66.0 Å². The van der Waals surface area contributed by atoms with Gasteiger partial charge >= 0.3 is 0 Å². The van der Waals surface area contributed by atoms with Crippen LogP contribution in [0.5, 0.6) is 5.75 Å². The Morgan fingerprint density at radius 1 is 1.21 bits per heavy atom. The van der Waals surface area contributed by atoms with Crippen LogP contribution in [0, 0.1) is 5.41 Å². The van der Waals surface area contributed by atoms with E-state index >= 15 is 0 Å². The maximum atomic E-state index is 6.22. The summed E-state index contributed by atoms with van der Waals surface area (Å²) in [6, 6.07) is 8.41. The third-order valence-electron chi connectivity index (χ3n) is 3.50. The molecule has 1 aromatic rings. The van der Waals surface area contributed by atoms with Crippen LogP contribution >= 0.6 is 0 Å². The molecular formula is C17H29NO. The van der Waals surface area contributed by atoms with Crippen LogP contribution in [-0.4, -0.2) is 12.1 Å². The largest absolute Gasteiger partial charge is 0.488 e. The molecule has 1 aromatic carbocycles. The van der Waals surface area contributed by atoms with E-state index in [9.17, 15) is 0 Å². The summed E-state index contributed by atoms with van der Waals surface area (Å²) in [6.07, 6.45) is 0.950. The van der Waals surface area contributed by atoms with Gasteiger partial charge in [0.2, 0.25) is 0 Å². The Labute approximate surface area is 118 Å². The van der Waals surface area contributed by atoms with E-state index in [0.29, 0.717) is 5.92 Å². The number of hydrogen-bond acceptors (Lipinski definition) is 2. The first-order chi connectivity index (χ1) is 8.75. The van der Waals surface area contributed by atoms with Gasteiger partial charge in [0.15, 0.2) is 0 Å². The Hall–Kier alpha value is -1.02. The van der Waals surface area contributed by atoms with Gasteiger partial charge in [0, 0.05) is 11.5 Å². The van der Waals surface area contributed by atoms with Gasteiger partial charge in [0.1, 0.15) is 11.9 Å². The van der Waals surface area contributed by atoms with Gasteiger partial charge in [-0.2, -0.15) is 0 Å². The van der Waals surface area contributed by atoms with Crippen molar-refractivity contribution in [3.05, 3.63) is 29.8 Å². The Kier molecular flexibility index (Phi) is 5.42. The molecule has 0 fully saturated rings. The van der Waals surface area contributed by atoms with Gasteiger partial charge in [-0.15, -0.1) is 0 Å². The number of ether oxygens (including phenoxy) is 1. The average molecular weight is 263 g/mol. The zero-order valence-corrected chi connectivity index (χ0v) is 13.2. The molecule has 2 atom stereocenters. The van der Waals surface area contributed by atoms with E-state index < -0.39 is 0 Å². The first-order valence-corrected chi connectivity index (χ1v) is 7.28. The van der Waals surface area contributed by atoms with E-state index in [-0.39, 0.29) is 17.6 Å². The van der Waals surface area contributed by atoms with Crippen molar-refractivity contribution >= 4 is 0 Å². The monoisotopic (exact) mass is 263 g/mol. The van der Waals surface area contributed by atoms with Gasteiger partial charge in [0.05, 0.1) is 0 Å². The molecule has 0 saturated heterocycles. The quantitative estimate of drug-likeness (QED) is 0.857. The number of rotatable bonds is 5. The molecule has 0 amide bonds. The van der Waals surface area contributed by atoms with Crippen LogP contribution in [0.4, 0.5) is 0 Å². The minimum Gasteiger partial charge on any atom is -0.488 e. The van der Waals surface area contributed by atoms with E-state index in [0.717, 1.165) is 12.2 Å². The van der Waals surface area contributed by atoms with Crippen LogP contribution in [0.25, 0.3) is 0 Å². The summed E-state index contributed by atoms with van der Waals surface area (Å²) in [4.78, 5) is 0. The Morgan fingerprint density at radius 2 is 1.84 bits per heavy atom. The summed E-state index contributed by atoms with van der Waals surface area (Å²) in [5.74, 6) is 1.44. The molecule has 2 N–H and O–H groups in total. The van der Waals surface area contributed by atoms with E-state index in [2.05, 4.69) is 59.7 Å². The van der Waals surface area contributed by atoms with Gasteiger partial charge in [-0.3, -0.25) is 0 Å². The van der Waals surface area contributed by atoms with Crippen molar-refractivity contribution in [3.8, 4) is 5.75 Å². The lowest BCUT2D eigenvalue weighted by atomic mass is 9.84. The number of hydrogen-bond donors (Lipinski definition) is 1. The lowest BCUT2D eigenvalue weighted by Crippen LogP contribution is -2.47. The molecular weight excluding hydrogens is 234 g/mol. The molecule has 0 heterocycles. The number of benzene rings is 1. The van der Waals surface area contributed by atoms with E-state index in [1.54, 1.807) is 0 Å². The van der Waals surface area contributed by atoms with Crippen LogP contribution in [0.2, 0.25) is 0 Å². The average Bonchev–Trinajstić information content (AvgIpc) is 2.34. The maximum absolute atomic E-state index is 6.22. The number of nitrogens with two attached hydrogens (primary N) is 1. The predicted molar refractivity (Wildman–Crippen MR) is 82.7 cm³/mol. The molecule has 2 heteroatoms. The molecule has 108 valence electrons. The SMILES string of the molecule is CCC(N)C(Oc1cccc(C(C)C)c1)C(C)(C)C. The highest BCUT2D eigenvalue weighted by molar-refractivity contribution is 5.30. The minimum atomic E-state index is 0.0277. The van der Waals surface area contributed by atoms with Crippen molar-refractivity contribution in [2.24, 2.45) is 11.1 Å². The molecule has 0 aliphatic heterocycles. The van der Waals surface area contributed by atoms with Crippen LogP contribution in [-0.2, 0) is 0 Å². The molecule has 0 bridgehead atoms. The molecule has 2 unspecified atom stereocenters. The highest BCUT2D eigenvalue weighted by atomic mass is 16.5. The first kappa shape index (κ1) is 16.0. The fourth-order valence-electron chi connectivity index (χ4n) is 2.21. The van der Waals surface area contributed by atoms with Gasteiger partial charge in [-0.25, -0.2) is 0 Å². The molecule has 19 heavy (non-hydrogen) atoms. The Balaban J connectivity index is 2.94. The summed E-state index contributed by atoms with van der Waals surface area (Å²) < 4.78 is 6.20. The second-order valence-electron chi connectivity index (χ2n) is 6.70. The topological polar surface area (TPSA) is 35.2 Å². The second kappa shape index (κ2) is 6.42. The zero-order chi connectivity index (χ0) is 14.6. The molecule has 2 nitrogen and oxygen atoms in total. The van der Waals surface area contributed by atoms with Crippen LogP contribution in [0.15, 0.2) is 24.3 Å². The molecule has 0 aromatic heterocycles. The van der Waals surface area contributed by atoms with Gasteiger partial charge < -0.3 is 10.5 Å². The second-order valence-corrected chi connectivity index (χ2v) is 6.70. The van der Waals surface area contributed by atoms with Crippen molar-refractivity contribution < 1.29 is 4.74 Å². The molecule has 0 saturated carbocycles. The zero-order valence-electron chi connectivity index (χ0n) is 13.2. The van der Waals surface area contributed by atoms with Crippen LogP contribution in [0.1, 0.15) is 59.4 Å². The first-order valence-electron chi connectivity index (χ1n) is 7.28. The standard InChI is InChI=1S/C17H29NO/c1-7-15(18)16(17(4,5)6)19-14-10-8-9-13(11-14)12(2)3/h8-12,15-16H,7,18H2,1-6H3. The molecule has 0 spiro atoms. The summed E-state index contributed by atoms with van der Waals surface area (Å²) in [6.45, 7) is 13.0. The van der Waals surface area contributed by atoms with Crippen molar-refractivity contribution in [3.63, 3.8) is 0 Å². The van der Waals surface area contributed by atoms with Gasteiger partial charge in [0.25, 0.3) is 0 Å². The highest BCUT2D eigenvalue weighted by Gasteiger charge is 2.31. The lowest BCUT2D eigenvalue weighted by molar-refractivity contribution is 0.0621. The molecule has 0 radical (unpaired) electrons. The van der Waals surface area contributed by atoms with Crippen molar-refractivity contribution in [2.75, 3.05) is 0 Å². The highest BCUT2D eigenvalue weighted by Crippen LogP contribution is 2.29. The van der Waals surface area contributed by atoms with E-state index in [1.165, 1.54) is 5.56 Å². The Bertz CT molecular complexity index is 392. The van der Waals surface area contributed by atoms with E-state index in [4.69, 9.17) is 10.5 Å². The maximum Gasteiger partial charge on any atom is 0.120 e. The molecule has 1 rings (SSSR count). The van der Waals surface area contributed by atoms with Gasteiger partial charge in [-0.05, 0) is 30.0 Å². The summed E-state index contributed by atoms with van der Waals surface area (Å²) in [5.41, 5.74) is 7.56. The fraction of sp³-hybridized carbons (Fsp3) is 0.647. The van der Waals surface area contributed by atoms with Crippen molar-refractivity contribution in [1.82, 2.24) is 0 Å². The summed E-state index contributed by atoms with van der Waals surface area (Å²) in [5, 5.41) is 0. The lowest BCUT2D eigenvalue weighted by Gasteiger charge is -2.35. The smallest absolute Gasteiger partial charge is 0.120 e. The normalized spacial score (nSPS) is 15.4. The molecule has 0 aliphatic carbocycles. The fourth-order valence-corrected chi connectivity index (χ4v) is 2.21. The van der Waals surface area contributed by atoms with Crippen LogP contribution < -0.4 is 10.5 Å². The predicted octanol–water partition coefficient (Wildman–Crippen LogP) is 4.34. The molecule has 0 aliphatic rings. The van der Waals surface area contributed by atoms with E-state index in [1.807, 2.05) is 6.07 Å².